The van der Waals surface area contributed by atoms with Gasteiger partial charge in [0.1, 0.15) is 8.07 Å². The summed E-state index contributed by atoms with van der Waals surface area (Å²) >= 11 is 0. The van der Waals surface area contributed by atoms with E-state index in [0.717, 1.165) is 12.8 Å². The summed E-state index contributed by atoms with van der Waals surface area (Å²) in [6.07, 6.45) is 7.41. The largest absolute Gasteiger partial charge is 0.106 e. The van der Waals surface area contributed by atoms with Crippen LogP contribution >= 0.6 is 0 Å². The zero-order valence-corrected chi connectivity index (χ0v) is 29.9. The average molecular weight is 599 g/mol. The third-order valence-electron chi connectivity index (χ3n) is 10.0. The van der Waals surface area contributed by atoms with Gasteiger partial charge in [-0.15, -0.1) is 0 Å². The Balaban J connectivity index is 1.35. The second-order valence-electron chi connectivity index (χ2n) is 14.8. The molecular formula is C39H46Si3. The molecule has 2 aliphatic carbocycles. The van der Waals surface area contributed by atoms with Crippen molar-refractivity contribution >= 4 is 46.7 Å². The zero-order valence-electron chi connectivity index (χ0n) is 26.9. The Kier molecular flexibility index (Phi) is 7.36. The molecule has 3 heteroatoms. The number of fused-ring (bicyclic) bond motifs is 2. The highest BCUT2D eigenvalue weighted by Crippen LogP contribution is 2.44. The van der Waals surface area contributed by atoms with Gasteiger partial charge >= 0.3 is 0 Å². The van der Waals surface area contributed by atoms with E-state index in [1.54, 1.807) is 10.4 Å². The smallest absolute Gasteiger partial charge is 0.0712 e. The van der Waals surface area contributed by atoms with Crippen LogP contribution in [0.15, 0.2) is 95.3 Å². The summed E-state index contributed by atoms with van der Waals surface area (Å²) in [6, 6.07) is 34.1. The van der Waals surface area contributed by atoms with Crippen LogP contribution in [0.3, 0.4) is 0 Å². The first-order chi connectivity index (χ1) is 19.9. The number of hydrogen-bond acceptors (Lipinski definition) is 0. The van der Waals surface area contributed by atoms with Gasteiger partial charge in [0.15, 0.2) is 0 Å². The van der Waals surface area contributed by atoms with Crippen molar-refractivity contribution in [2.24, 2.45) is 0 Å². The van der Waals surface area contributed by atoms with Gasteiger partial charge in [-0.2, -0.15) is 0 Å². The molecule has 214 valence electrons. The molecule has 0 atom stereocenters. The Morgan fingerprint density at radius 1 is 0.500 bits per heavy atom. The van der Waals surface area contributed by atoms with Crippen molar-refractivity contribution in [3.8, 4) is 22.3 Å². The van der Waals surface area contributed by atoms with Crippen LogP contribution in [-0.4, -0.2) is 24.2 Å². The monoisotopic (exact) mass is 598 g/mol. The molecule has 0 fully saturated rings. The zero-order chi connectivity index (χ0) is 29.9. The fourth-order valence-electron chi connectivity index (χ4n) is 6.91. The van der Waals surface area contributed by atoms with Crippen molar-refractivity contribution < 1.29 is 0 Å². The first-order valence-electron chi connectivity index (χ1n) is 15.8. The topological polar surface area (TPSA) is 0 Å². The Hall–Kier alpha value is -2.99. The minimum Gasteiger partial charge on any atom is -0.0712 e. The lowest BCUT2D eigenvalue weighted by atomic mass is 9.97. The highest BCUT2D eigenvalue weighted by atomic mass is 28.3. The van der Waals surface area contributed by atoms with Crippen LogP contribution in [0.2, 0.25) is 51.9 Å². The lowest BCUT2D eigenvalue weighted by Gasteiger charge is -2.30. The Morgan fingerprint density at radius 3 is 1.21 bits per heavy atom. The van der Waals surface area contributed by atoms with Crippen molar-refractivity contribution in [2.45, 2.75) is 71.6 Å². The highest BCUT2D eigenvalue weighted by molar-refractivity contribution is 6.93. The van der Waals surface area contributed by atoms with Crippen molar-refractivity contribution in [3.63, 3.8) is 0 Å². The average Bonchev–Trinajstić information content (AvgIpc) is 3.61. The van der Waals surface area contributed by atoms with Gasteiger partial charge in [0.25, 0.3) is 0 Å². The van der Waals surface area contributed by atoms with E-state index in [0.29, 0.717) is 0 Å². The lowest BCUT2D eigenvalue weighted by molar-refractivity contribution is 1.19. The molecule has 6 rings (SSSR count). The second kappa shape index (κ2) is 10.6. The summed E-state index contributed by atoms with van der Waals surface area (Å²) < 4.78 is 0. The molecule has 4 aromatic rings. The molecule has 0 unspecified atom stereocenters. The summed E-state index contributed by atoms with van der Waals surface area (Å²) in [5, 5.41) is 6.46. The Bertz CT molecular complexity index is 1580. The molecule has 0 amide bonds. The molecule has 0 nitrogen and oxygen atoms in total. The third kappa shape index (κ3) is 5.21. The molecule has 0 saturated carbocycles. The molecule has 0 radical (unpaired) electrons. The van der Waals surface area contributed by atoms with Gasteiger partial charge in [-0.05, 0) is 57.3 Å². The molecule has 4 aromatic carbocycles. The Morgan fingerprint density at radius 2 is 0.881 bits per heavy atom. The van der Waals surface area contributed by atoms with Gasteiger partial charge in [0, 0.05) is 0 Å². The van der Waals surface area contributed by atoms with E-state index in [1.165, 1.54) is 60.9 Å². The maximum atomic E-state index is 2.63. The predicted molar refractivity (Wildman–Crippen MR) is 195 cm³/mol. The number of allylic oxidation sites excluding steroid dienone is 2. The summed E-state index contributed by atoms with van der Waals surface area (Å²) in [7, 11) is -4.45. The van der Waals surface area contributed by atoms with E-state index < -0.39 is 24.2 Å². The second-order valence-corrected chi connectivity index (χ2v) is 29.6. The minimum atomic E-state index is -1.83. The van der Waals surface area contributed by atoms with Crippen LogP contribution in [0.4, 0.5) is 0 Å². The molecule has 42 heavy (non-hydrogen) atoms. The quantitative estimate of drug-likeness (QED) is 0.186. The first kappa shape index (κ1) is 29.1. The van der Waals surface area contributed by atoms with E-state index in [4.69, 9.17) is 0 Å². The summed E-state index contributed by atoms with van der Waals surface area (Å²) in [5.74, 6) is 0. The van der Waals surface area contributed by atoms with E-state index in [9.17, 15) is 0 Å². The van der Waals surface area contributed by atoms with Crippen LogP contribution in [-0.2, 0) is 12.8 Å². The fraction of sp³-hybridized carbons (Fsp3) is 0.282. The van der Waals surface area contributed by atoms with Gasteiger partial charge in [0.2, 0.25) is 0 Å². The van der Waals surface area contributed by atoms with Crippen LogP contribution in [0, 0.1) is 0 Å². The molecule has 0 aliphatic heterocycles. The molecule has 0 heterocycles. The van der Waals surface area contributed by atoms with Crippen LogP contribution in [0.25, 0.3) is 34.4 Å². The van der Waals surface area contributed by atoms with Crippen molar-refractivity contribution in [3.05, 3.63) is 118 Å². The SMILES string of the molecule is CC[Si](C)(C1=Cc2c(cccc2-c2ccc([Si](C)(C)C)cc2)C1)C1=Cc2c(cccc2-c2ccc([Si](C)(C)C)cc2)C1. The summed E-state index contributed by atoms with van der Waals surface area (Å²) in [6.45, 7) is 19.6. The molecule has 0 aromatic heterocycles. The maximum absolute atomic E-state index is 2.63. The normalized spacial score (nSPS) is 14.9. The third-order valence-corrected chi connectivity index (χ3v) is 19.1. The molecule has 0 N–H and O–H groups in total. The highest BCUT2D eigenvalue weighted by Gasteiger charge is 2.38. The fourth-order valence-corrected chi connectivity index (χ4v) is 12.6. The van der Waals surface area contributed by atoms with Gasteiger partial charge in [-0.3, -0.25) is 0 Å². The molecule has 0 bridgehead atoms. The maximum Gasteiger partial charge on any atom is 0.106 e. The van der Waals surface area contributed by atoms with E-state index in [2.05, 4.69) is 150 Å². The van der Waals surface area contributed by atoms with Gasteiger partial charge in [-0.25, -0.2) is 0 Å². The molecule has 2 aliphatic rings. The summed E-state index contributed by atoms with van der Waals surface area (Å²) in [5.41, 5.74) is 11.4. The van der Waals surface area contributed by atoms with E-state index in [-0.39, 0.29) is 0 Å². The van der Waals surface area contributed by atoms with E-state index in [1.807, 2.05) is 0 Å². The predicted octanol–water partition coefficient (Wildman–Crippen LogP) is 9.87. The van der Waals surface area contributed by atoms with Crippen molar-refractivity contribution in [1.82, 2.24) is 0 Å². The van der Waals surface area contributed by atoms with E-state index >= 15 is 0 Å². The standard InChI is InChI=1S/C39H46Si3/c1-9-42(8,34-24-30-12-10-14-36(38(30)26-34)28-16-20-32(21-17-28)40(2,3)4)35-25-31-13-11-15-37(39(31)27-35)29-18-22-33(23-19-29)41(5,6)7/h10-23,26-27H,9,24-25H2,1-8H3. The summed E-state index contributed by atoms with van der Waals surface area (Å²) in [4.78, 5) is 0. The van der Waals surface area contributed by atoms with Crippen LogP contribution in [0.5, 0.6) is 0 Å². The molecule has 0 spiro atoms. The van der Waals surface area contributed by atoms with Crippen molar-refractivity contribution in [1.29, 1.82) is 0 Å². The molecular weight excluding hydrogens is 553 g/mol. The minimum absolute atomic E-state index is 1.10. The number of hydrogen-bond donors (Lipinski definition) is 0. The van der Waals surface area contributed by atoms with Gasteiger partial charge in [-0.1, -0.05) is 177 Å². The number of rotatable bonds is 7. The van der Waals surface area contributed by atoms with Gasteiger partial charge in [0.05, 0.1) is 16.1 Å². The molecule has 0 saturated heterocycles. The van der Waals surface area contributed by atoms with Crippen LogP contribution < -0.4 is 10.4 Å². The first-order valence-corrected chi connectivity index (χ1v) is 25.5. The number of benzene rings is 4. The van der Waals surface area contributed by atoms with Crippen LogP contribution in [0.1, 0.15) is 29.2 Å². The Labute approximate surface area is 257 Å². The van der Waals surface area contributed by atoms with Gasteiger partial charge < -0.3 is 0 Å². The van der Waals surface area contributed by atoms with Crippen molar-refractivity contribution in [2.75, 3.05) is 0 Å². The lowest BCUT2D eigenvalue weighted by Crippen LogP contribution is -2.37.